The lowest BCUT2D eigenvalue weighted by Crippen LogP contribution is -2.33. The van der Waals surface area contributed by atoms with Gasteiger partial charge in [0.2, 0.25) is 0 Å². The maximum atomic E-state index is 14.2. The number of hydrogen-bond acceptors (Lipinski definition) is 7. The highest BCUT2D eigenvalue weighted by Crippen LogP contribution is 2.38. The molecule has 0 saturated carbocycles. The van der Waals surface area contributed by atoms with Crippen LogP contribution in [0.4, 0.5) is 20.3 Å². The van der Waals surface area contributed by atoms with Crippen molar-refractivity contribution in [2.75, 3.05) is 25.6 Å². The maximum Gasteiger partial charge on any atom is 0.164 e. The average molecular weight is 450 g/mol. The number of aromatic nitrogens is 2. The topological polar surface area (TPSA) is 74.7 Å². The zero-order chi connectivity index (χ0) is 21.5. The predicted molar refractivity (Wildman–Crippen MR) is 110 cm³/mol. The van der Waals surface area contributed by atoms with E-state index in [0.717, 1.165) is 0 Å². The van der Waals surface area contributed by atoms with Gasteiger partial charge in [0.15, 0.2) is 23.8 Å². The van der Waals surface area contributed by atoms with E-state index in [2.05, 4.69) is 15.3 Å². The fourth-order valence-electron chi connectivity index (χ4n) is 3.82. The predicted octanol–water partition coefficient (Wildman–Crippen LogP) is 4.06. The van der Waals surface area contributed by atoms with Crippen LogP contribution in [0.25, 0.3) is 10.9 Å². The molecule has 0 aliphatic carbocycles. The van der Waals surface area contributed by atoms with E-state index in [4.69, 9.17) is 30.5 Å². The quantitative estimate of drug-likeness (QED) is 0.629. The number of methoxy groups -OCH3 is 1. The number of nitrogens with zero attached hydrogens (tertiary/aromatic N) is 2. The van der Waals surface area contributed by atoms with Gasteiger partial charge in [0.25, 0.3) is 0 Å². The molecule has 1 aromatic heterocycles. The number of alkyl halides is 1. The molecule has 2 aliphatic heterocycles. The Kier molecular flexibility index (Phi) is 5.25. The summed E-state index contributed by atoms with van der Waals surface area (Å²) in [6.45, 7) is 0.202. The van der Waals surface area contributed by atoms with Crippen LogP contribution < -0.4 is 14.8 Å². The van der Waals surface area contributed by atoms with Crippen LogP contribution in [-0.4, -0.2) is 54.8 Å². The molecule has 2 unspecified atom stereocenters. The molecule has 162 valence electrons. The molecule has 0 bridgehead atoms. The molecule has 2 aromatic carbocycles. The molecule has 0 amide bonds. The van der Waals surface area contributed by atoms with Gasteiger partial charge in [-0.05, 0) is 24.3 Å². The second kappa shape index (κ2) is 8.07. The molecule has 0 spiro atoms. The van der Waals surface area contributed by atoms with Crippen LogP contribution in [0.3, 0.4) is 0 Å². The molecule has 2 aliphatic rings. The van der Waals surface area contributed by atoms with Crippen molar-refractivity contribution in [2.24, 2.45) is 0 Å². The lowest BCUT2D eigenvalue weighted by atomic mass is 10.1. The van der Waals surface area contributed by atoms with Crippen molar-refractivity contribution in [2.45, 2.75) is 24.5 Å². The monoisotopic (exact) mass is 449 g/mol. The summed E-state index contributed by atoms with van der Waals surface area (Å²) in [4.78, 5) is 8.51. The van der Waals surface area contributed by atoms with E-state index in [1.165, 1.54) is 31.6 Å². The number of benzene rings is 2. The Morgan fingerprint density at radius 1 is 1.10 bits per heavy atom. The van der Waals surface area contributed by atoms with E-state index in [1.807, 2.05) is 0 Å². The van der Waals surface area contributed by atoms with Gasteiger partial charge in [0, 0.05) is 16.5 Å². The van der Waals surface area contributed by atoms with Crippen molar-refractivity contribution < 1.29 is 27.7 Å². The minimum atomic E-state index is -1.16. The molecule has 4 atom stereocenters. The van der Waals surface area contributed by atoms with Crippen molar-refractivity contribution in [3.63, 3.8) is 0 Å². The van der Waals surface area contributed by atoms with Crippen LogP contribution >= 0.6 is 11.6 Å². The smallest absolute Gasteiger partial charge is 0.164 e. The zero-order valence-electron chi connectivity index (χ0n) is 16.3. The Balaban J connectivity index is 1.47. The third-order valence-electron chi connectivity index (χ3n) is 5.33. The molecule has 10 heteroatoms. The first-order chi connectivity index (χ1) is 15.0. The van der Waals surface area contributed by atoms with E-state index in [0.29, 0.717) is 33.2 Å². The summed E-state index contributed by atoms with van der Waals surface area (Å²) in [7, 11) is 1.50. The second-order valence-electron chi connectivity index (χ2n) is 7.26. The van der Waals surface area contributed by atoms with Crippen LogP contribution in [0.5, 0.6) is 11.5 Å². The standard InChI is InChI=1S/C21H18ClF2N3O4/c1-28-16-5-11-14(6-17(16)31-18-8-30-19-13(24)7-29-20(18)19)25-9-26-21(11)27-15-4-10(22)2-3-12(15)23/h2-6,9,13,18-20H,7-8H2,1H3,(H,25,26,27)/t13?,18?,19-,20-/m0/s1. The Bertz CT molecular complexity index is 1140. The average Bonchev–Trinajstić information content (AvgIpc) is 3.33. The van der Waals surface area contributed by atoms with Crippen LogP contribution in [0.1, 0.15) is 0 Å². The van der Waals surface area contributed by atoms with Gasteiger partial charge in [0.1, 0.15) is 30.2 Å². The molecule has 31 heavy (non-hydrogen) atoms. The number of rotatable bonds is 5. The molecule has 1 N–H and O–H groups in total. The fraction of sp³-hybridized carbons (Fsp3) is 0.333. The Hall–Kier alpha value is -2.75. The van der Waals surface area contributed by atoms with Gasteiger partial charge in [-0.1, -0.05) is 11.6 Å². The third kappa shape index (κ3) is 3.73. The highest BCUT2D eigenvalue weighted by atomic mass is 35.5. The van der Waals surface area contributed by atoms with Gasteiger partial charge in [-0.15, -0.1) is 0 Å². The van der Waals surface area contributed by atoms with Crippen molar-refractivity contribution in [3.8, 4) is 11.5 Å². The van der Waals surface area contributed by atoms with E-state index in [-0.39, 0.29) is 18.9 Å². The highest BCUT2D eigenvalue weighted by Gasteiger charge is 2.49. The molecule has 5 rings (SSSR count). The van der Waals surface area contributed by atoms with Gasteiger partial charge in [-0.25, -0.2) is 18.7 Å². The first-order valence-corrected chi connectivity index (χ1v) is 10.00. The van der Waals surface area contributed by atoms with Crippen molar-refractivity contribution in [1.82, 2.24) is 9.97 Å². The summed E-state index contributed by atoms with van der Waals surface area (Å²) in [6, 6.07) is 7.57. The van der Waals surface area contributed by atoms with Crippen molar-refractivity contribution >= 4 is 34.0 Å². The van der Waals surface area contributed by atoms with Gasteiger partial charge >= 0.3 is 0 Å². The fourth-order valence-corrected chi connectivity index (χ4v) is 3.99. The lowest BCUT2D eigenvalue weighted by Gasteiger charge is -2.20. The molecule has 7 nitrogen and oxygen atoms in total. The SMILES string of the molecule is COc1cc2c(Nc3cc(Cl)ccc3F)ncnc2cc1OC1CO[C@H]2C(F)CO[C@@H]12. The van der Waals surface area contributed by atoms with E-state index >= 15 is 0 Å². The number of nitrogens with one attached hydrogen (secondary N) is 1. The first-order valence-electron chi connectivity index (χ1n) is 9.62. The maximum absolute atomic E-state index is 14.2. The first kappa shape index (κ1) is 20.2. The summed E-state index contributed by atoms with van der Waals surface area (Å²) in [5, 5.41) is 3.92. The van der Waals surface area contributed by atoms with Crippen LogP contribution in [0.2, 0.25) is 5.02 Å². The molecule has 2 saturated heterocycles. The van der Waals surface area contributed by atoms with Gasteiger partial charge < -0.3 is 24.3 Å². The molecule has 0 radical (unpaired) electrons. The normalized spacial score (nSPS) is 24.9. The zero-order valence-corrected chi connectivity index (χ0v) is 17.1. The van der Waals surface area contributed by atoms with E-state index < -0.39 is 30.3 Å². The van der Waals surface area contributed by atoms with Crippen LogP contribution in [0.15, 0.2) is 36.7 Å². The Morgan fingerprint density at radius 3 is 2.77 bits per heavy atom. The molecule has 3 heterocycles. The molecule has 3 aromatic rings. The Morgan fingerprint density at radius 2 is 1.94 bits per heavy atom. The summed E-state index contributed by atoms with van der Waals surface area (Å²) < 4.78 is 50.5. The Labute approximate surface area is 181 Å². The van der Waals surface area contributed by atoms with Gasteiger partial charge in [-0.2, -0.15) is 0 Å². The van der Waals surface area contributed by atoms with E-state index in [9.17, 15) is 8.78 Å². The number of hydrogen-bond donors (Lipinski definition) is 1. The summed E-state index contributed by atoms with van der Waals surface area (Å²) >= 11 is 5.98. The van der Waals surface area contributed by atoms with Crippen molar-refractivity contribution in [1.29, 1.82) is 0 Å². The number of ether oxygens (including phenoxy) is 4. The molecular formula is C21H18ClF2N3O4. The summed E-state index contributed by atoms with van der Waals surface area (Å²) in [5.74, 6) is 0.727. The summed E-state index contributed by atoms with van der Waals surface area (Å²) in [6.07, 6.45) is -1.39. The lowest BCUT2D eigenvalue weighted by molar-refractivity contribution is 0.0271. The highest BCUT2D eigenvalue weighted by molar-refractivity contribution is 6.30. The number of anilines is 2. The van der Waals surface area contributed by atoms with Crippen LogP contribution in [-0.2, 0) is 9.47 Å². The largest absolute Gasteiger partial charge is 0.493 e. The van der Waals surface area contributed by atoms with Gasteiger partial charge in [-0.3, -0.25) is 0 Å². The minimum absolute atomic E-state index is 0.00757. The molecular weight excluding hydrogens is 432 g/mol. The number of halogens is 3. The van der Waals surface area contributed by atoms with Crippen LogP contribution in [0, 0.1) is 5.82 Å². The summed E-state index contributed by atoms with van der Waals surface area (Å²) in [5.41, 5.74) is 0.724. The number of fused-ring (bicyclic) bond motifs is 2. The van der Waals surface area contributed by atoms with Crippen molar-refractivity contribution in [3.05, 3.63) is 47.5 Å². The minimum Gasteiger partial charge on any atom is -0.493 e. The molecule has 2 fully saturated rings. The van der Waals surface area contributed by atoms with E-state index in [1.54, 1.807) is 12.1 Å². The second-order valence-corrected chi connectivity index (χ2v) is 7.70. The third-order valence-corrected chi connectivity index (χ3v) is 5.56. The van der Waals surface area contributed by atoms with Gasteiger partial charge in [0.05, 0.1) is 31.5 Å².